The van der Waals surface area contributed by atoms with E-state index in [0.717, 1.165) is 5.56 Å². The van der Waals surface area contributed by atoms with E-state index in [9.17, 15) is 9.59 Å². The van der Waals surface area contributed by atoms with Gasteiger partial charge >= 0.3 is 5.97 Å². The second kappa shape index (κ2) is 4.42. The summed E-state index contributed by atoms with van der Waals surface area (Å²) in [6, 6.07) is 7.50. The number of H-pyrrole nitrogens is 2. The summed E-state index contributed by atoms with van der Waals surface area (Å²) in [5, 5.41) is 14.0. The molecule has 2 aromatic rings. The first-order chi connectivity index (χ1) is 8.80. The van der Waals surface area contributed by atoms with Gasteiger partial charge in [-0.1, -0.05) is 45.0 Å². The highest BCUT2D eigenvalue weighted by atomic mass is 16.4. The van der Waals surface area contributed by atoms with Gasteiger partial charge in [-0.2, -0.15) is 0 Å². The van der Waals surface area contributed by atoms with E-state index in [4.69, 9.17) is 5.11 Å². The van der Waals surface area contributed by atoms with Crippen LogP contribution in [0.5, 0.6) is 0 Å². The van der Waals surface area contributed by atoms with E-state index < -0.39 is 11.5 Å². The fraction of sp³-hybridized carbons (Fsp3) is 0.286. The SMILES string of the molecule is CC(C)(C)c1ccc(-c2[nH][nH]c(=O)c2C(=O)O)cc1. The Morgan fingerprint density at radius 2 is 1.68 bits per heavy atom. The van der Waals surface area contributed by atoms with Crippen molar-refractivity contribution in [2.24, 2.45) is 0 Å². The third kappa shape index (κ3) is 2.45. The van der Waals surface area contributed by atoms with Gasteiger partial charge in [-0.25, -0.2) is 4.79 Å². The van der Waals surface area contributed by atoms with Gasteiger partial charge in [-0.15, -0.1) is 0 Å². The number of aromatic carboxylic acids is 1. The van der Waals surface area contributed by atoms with Gasteiger partial charge in [-0.3, -0.25) is 15.0 Å². The molecule has 1 aromatic heterocycles. The number of carboxylic acids is 1. The molecule has 5 nitrogen and oxygen atoms in total. The van der Waals surface area contributed by atoms with Crippen molar-refractivity contribution in [2.45, 2.75) is 26.2 Å². The third-order valence-corrected chi connectivity index (χ3v) is 3.03. The van der Waals surface area contributed by atoms with Crippen LogP contribution in [-0.4, -0.2) is 21.3 Å². The Kier molecular flexibility index (Phi) is 3.06. The molecule has 0 aliphatic carbocycles. The van der Waals surface area contributed by atoms with Gasteiger partial charge in [0.25, 0.3) is 5.56 Å². The van der Waals surface area contributed by atoms with Crippen LogP contribution >= 0.6 is 0 Å². The standard InChI is InChI=1S/C14H16N2O3/c1-14(2,3)9-6-4-8(5-7-9)11-10(13(18)19)12(17)16-15-11/h4-7H,1-3H3,(H,18,19)(H2,15,16,17). The van der Waals surface area contributed by atoms with Gasteiger partial charge in [-0.05, 0) is 11.0 Å². The molecule has 1 aromatic carbocycles. The van der Waals surface area contributed by atoms with Crippen molar-refractivity contribution in [1.29, 1.82) is 0 Å². The monoisotopic (exact) mass is 260 g/mol. The molecule has 0 radical (unpaired) electrons. The maximum Gasteiger partial charge on any atom is 0.343 e. The molecule has 0 saturated carbocycles. The lowest BCUT2D eigenvalue weighted by atomic mass is 9.86. The average molecular weight is 260 g/mol. The zero-order chi connectivity index (χ0) is 14.2. The van der Waals surface area contributed by atoms with Crippen molar-refractivity contribution >= 4 is 5.97 Å². The number of carbonyl (C=O) groups is 1. The molecule has 0 aliphatic heterocycles. The minimum atomic E-state index is -1.24. The van der Waals surface area contributed by atoms with Crippen LogP contribution in [0.2, 0.25) is 0 Å². The summed E-state index contributed by atoms with van der Waals surface area (Å²) in [7, 11) is 0. The highest BCUT2D eigenvalue weighted by Gasteiger charge is 2.19. The normalized spacial score (nSPS) is 11.5. The van der Waals surface area contributed by atoms with Gasteiger partial charge < -0.3 is 5.11 Å². The van der Waals surface area contributed by atoms with E-state index in [0.29, 0.717) is 11.3 Å². The Morgan fingerprint density at radius 3 is 2.16 bits per heavy atom. The maximum atomic E-state index is 11.4. The number of carboxylic acid groups (broad SMARTS) is 1. The molecule has 0 atom stereocenters. The molecule has 100 valence electrons. The number of rotatable bonds is 2. The van der Waals surface area contributed by atoms with Crippen LogP contribution in [0.4, 0.5) is 0 Å². The van der Waals surface area contributed by atoms with Gasteiger partial charge in [0.15, 0.2) is 5.56 Å². The van der Waals surface area contributed by atoms with Gasteiger partial charge in [0, 0.05) is 5.56 Å². The van der Waals surface area contributed by atoms with E-state index in [2.05, 4.69) is 31.0 Å². The van der Waals surface area contributed by atoms with Gasteiger partial charge in [0.2, 0.25) is 0 Å². The zero-order valence-electron chi connectivity index (χ0n) is 11.1. The summed E-state index contributed by atoms with van der Waals surface area (Å²) in [5.41, 5.74) is 1.26. The number of benzene rings is 1. The molecule has 0 spiro atoms. The number of aromatic nitrogens is 2. The third-order valence-electron chi connectivity index (χ3n) is 3.03. The summed E-state index contributed by atoms with van der Waals surface area (Å²) < 4.78 is 0. The van der Waals surface area contributed by atoms with E-state index >= 15 is 0 Å². The predicted molar refractivity (Wildman–Crippen MR) is 72.5 cm³/mol. The zero-order valence-corrected chi connectivity index (χ0v) is 11.1. The van der Waals surface area contributed by atoms with Crippen molar-refractivity contribution in [3.63, 3.8) is 0 Å². The molecule has 0 fully saturated rings. The van der Waals surface area contributed by atoms with Crippen molar-refractivity contribution in [3.05, 3.63) is 45.7 Å². The lowest BCUT2D eigenvalue weighted by Crippen LogP contribution is -2.12. The molecule has 0 amide bonds. The summed E-state index contributed by atoms with van der Waals surface area (Å²) in [6.45, 7) is 6.30. The van der Waals surface area contributed by atoms with Crippen LogP contribution < -0.4 is 5.56 Å². The molecule has 0 saturated heterocycles. The minimum Gasteiger partial charge on any atom is -0.477 e. The first-order valence-electron chi connectivity index (χ1n) is 5.95. The summed E-state index contributed by atoms with van der Waals surface area (Å²) in [5.74, 6) is -1.24. The fourth-order valence-corrected chi connectivity index (χ4v) is 1.92. The van der Waals surface area contributed by atoms with Gasteiger partial charge in [0.1, 0.15) is 0 Å². The maximum absolute atomic E-state index is 11.4. The van der Waals surface area contributed by atoms with Gasteiger partial charge in [0.05, 0.1) is 5.69 Å². The van der Waals surface area contributed by atoms with E-state index in [1.165, 1.54) is 0 Å². The van der Waals surface area contributed by atoms with Crippen LogP contribution in [0.3, 0.4) is 0 Å². The van der Waals surface area contributed by atoms with Crippen molar-refractivity contribution in [2.75, 3.05) is 0 Å². The molecular weight excluding hydrogens is 244 g/mol. The number of aromatic amines is 2. The van der Waals surface area contributed by atoms with Crippen LogP contribution in [0.1, 0.15) is 36.7 Å². The first kappa shape index (κ1) is 13.1. The molecule has 1 heterocycles. The molecule has 19 heavy (non-hydrogen) atoms. The van der Waals surface area contributed by atoms with Crippen LogP contribution in [-0.2, 0) is 5.41 Å². The van der Waals surface area contributed by atoms with Crippen LogP contribution in [0.25, 0.3) is 11.3 Å². The smallest absolute Gasteiger partial charge is 0.343 e. The minimum absolute atomic E-state index is 0.0275. The Bertz CT molecular complexity index is 657. The number of hydrogen-bond acceptors (Lipinski definition) is 2. The van der Waals surface area contributed by atoms with Crippen molar-refractivity contribution < 1.29 is 9.90 Å². The number of nitrogens with one attached hydrogen (secondary N) is 2. The Labute approximate surface area is 110 Å². The quantitative estimate of drug-likeness (QED) is 0.774. The average Bonchev–Trinajstić information content (AvgIpc) is 2.70. The van der Waals surface area contributed by atoms with Crippen molar-refractivity contribution in [3.8, 4) is 11.3 Å². The highest BCUT2D eigenvalue weighted by Crippen LogP contribution is 2.25. The summed E-state index contributed by atoms with van der Waals surface area (Å²) in [4.78, 5) is 22.5. The largest absolute Gasteiger partial charge is 0.477 e. The molecule has 3 N–H and O–H groups in total. The summed E-state index contributed by atoms with van der Waals surface area (Å²) >= 11 is 0. The van der Waals surface area contributed by atoms with Crippen LogP contribution in [0, 0.1) is 0 Å². The first-order valence-corrected chi connectivity index (χ1v) is 5.95. The lowest BCUT2D eigenvalue weighted by Gasteiger charge is -2.19. The summed E-state index contributed by atoms with van der Waals surface area (Å²) in [6.07, 6.45) is 0. The second-order valence-corrected chi connectivity index (χ2v) is 5.46. The highest BCUT2D eigenvalue weighted by molar-refractivity contribution is 5.94. The molecule has 2 rings (SSSR count). The molecule has 5 heteroatoms. The second-order valence-electron chi connectivity index (χ2n) is 5.46. The van der Waals surface area contributed by atoms with E-state index in [1.54, 1.807) is 0 Å². The Balaban J connectivity index is 2.50. The molecule has 0 bridgehead atoms. The topological polar surface area (TPSA) is 86.0 Å². The Hall–Kier alpha value is -2.30. The lowest BCUT2D eigenvalue weighted by molar-refractivity contribution is 0.0696. The van der Waals surface area contributed by atoms with E-state index in [1.807, 2.05) is 24.3 Å². The molecule has 0 aliphatic rings. The number of hydrogen-bond donors (Lipinski definition) is 3. The van der Waals surface area contributed by atoms with Crippen LogP contribution in [0.15, 0.2) is 29.1 Å². The molecular formula is C14H16N2O3. The van der Waals surface area contributed by atoms with E-state index in [-0.39, 0.29) is 11.0 Å². The Morgan fingerprint density at radius 1 is 1.11 bits per heavy atom. The molecule has 0 unspecified atom stereocenters. The van der Waals surface area contributed by atoms with Crippen molar-refractivity contribution in [1.82, 2.24) is 10.2 Å². The fourth-order valence-electron chi connectivity index (χ4n) is 1.92. The predicted octanol–water partition coefficient (Wildman–Crippen LogP) is 2.37.